The SMILES string of the molecule is CCCNC(Cc1nc(-c2ncc[nH]2)no1)CC(C)C. The van der Waals surface area contributed by atoms with Gasteiger partial charge in [0.05, 0.1) is 0 Å². The zero-order valence-corrected chi connectivity index (χ0v) is 12.4. The molecule has 0 saturated heterocycles. The molecule has 0 aliphatic rings. The third-order valence-electron chi connectivity index (χ3n) is 3.04. The van der Waals surface area contributed by atoms with Crippen LogP contribution >= 0.6 is 0 Å². The molecule has 0 aromatic carbocycles. The first-order valence-corrected chi connectivity index (χ1v) is 7.24. The van der Waals surface area contributed by atoms with Crippen LogP contribution < -0.4 is 5.32 Å². The molecule has 0 amide bonds. The van der Waals surface area contributed by atoms with E-state index in [0.717, 1.165) is 25.8 Å². The van der Waals surface area contributed by atoms with Crippen molar-refractivity contribution in [3.63, 3.8) is 0 Å². The summed E-state index contributed by atoms with van der Waals surface area (Å²) in [5.74, 6) is 2.45. The average molecular weight is 277 g/mol. The van der Waals surface area contributed by atoms with E-state index in [2.05, 4.69) is 46.2 Å². The highest BCUT2D eigenvalue weighted by molar-refractivity contribution is 5.40. The van der Waals surface area contributed by atoms with Gasteiger partial charge in [-0.25, -0.2) is 4.98 Å². The highest BCUT2D eigenvalue weighted by Gasteiger charge is 2.16. The third-order valence-corrected chi connectivity index (χ3v) is 3.04. The van der Waals surface area contributed by atoms with Crippen molar-refractivity contribution in [2.75, 3.05) is 6.54 Å². The molecule has 2 heterocycles. The number of nitrogens with one attached hydrogen (secondary N) is 2. The van der Waals surface area contributed by atoms with Crippen LogP contribution in [0.5, 0.6) is 0 Å². The molecule has 2 rings (SSSR count). The van der Waals surface area contributed by atoms with E-state index in [4.69, 9.17) is 4.52 Å². The summed E-state index contributed by atoms with van der Waals surface area (Å²) in [5.41, 5.74) is 0. The Morgan fingerprint density at radius 1 is 1.40 bits per heavy atom. The number of H-pyrrole nitrogens is 1. The zero-order valence-electron chi connectivity index (χ0n) is 12.4. The second-order valence-electron chi connectivity index (χ2n) is 5.43. The van der Waals surface area contributed by atoms with Crippen molar-refractivity contribution in [1.29, 1.82) is 0 Å². The second-order valence-corrected chi connectivity index (χ2v) is 5.43. The Balaban J connectivity index is 1.99. The lowest BCUT2D eigenvalue weighted by Gasteiger charge is -2.18. The lowest BCUT2D eigenvalue weighted by molar-refractivity contribution is 0.338. The fourth-order valence-corrected chi connectivity index (χ4v) is 2.19. The Morgan fingerprint density at radius 2 is 2.25 bits per heavy atom. The molecule has 0 fully saturated rings. The quantitative estimate of drug-likeness (QED) is 0.774. The second kappa shape index (κ2) is 7.19. The van der Waals surface area contributed by atoms with Gasteiger partial charge in [-0.3, -0.25) is 0 Å². The number of hydrogen-bond acceptors (Lipinski definition) is 5. The van der Waals surface area contributed by atoms with Crippen LogP contribution in [-0.4, -0.2) is 32.7 Å². The molecule has 0 radical (unpaired) electrons. The minimum Gasteiger partial charge on any atom is -0.342 e. The van der Waals surface area contributed by atoms with Gasteiger partial charge in [0.15, 0.2) is 5.82 Å². The third kappa shape index (κ3) is 4.16. The number of aromatic nitrogens is 4. The molecule has 2 aromatic rings. The van der Waals surface area contributed by atoms with Crippen molar-refractivity contribution in [3.05, 3.63) is 18.3 Å². The first-order valence-electron chi connectivity index (χ1n) is 7.24. The van der Waals surface area contributed by atoms with Crippen molar-refractivity contribution in [2.24, 2.45) is 5.92 Å². The van der Waals surface area contributed by atoms with Crippen molar-refractivity contribution < 1.29 is 4.52 Å². The molecule has 1 atom stereocenters. The molecular formula is C14H23N5O. The van der Waals surface area contributed by atoms with Gasteiger partial charge in [-0.05, 0) is 25.3 Å². The van der Waals surface area contributed by atoms with Gasteiger partial charge < -0.3 is 14.8 Å². The highest BCUT2D eigenvalue weighted by Crippen LogP contribution is 2.13. The van der Waals surface area contributed by atoms with E-state index in [1.54, 1.807) is 12.4 Å². The van der Waals surface area contributed by atoms with Crippen LogP contribution in [0.2, 0.25) is 0 Å². The number of imidazole rings is 1. The Labute approximate surface area is 119 Å². The first-order chi connectivity index (χ1) is 9.69. The average Bonchev–Trinajstić information content (AvgIpc) is 3.05. The molecule has 20 heavy (non-hydrogen) atoms. The molecule has 6 nitrogen and oxygen atoms in total. The standard InChI is InChI=1S/C14H23N5O/c1-4-5-15-11(8-10(2)3)9-12-18-14(19-20-12)13-16-6-7-17-13/h6-7,10-11,15H,4-5,8-9H2,1-3H3,(H,16,17). The Morgan fingerprint density at radius 3 is 2.90 bits per heavy atom. The number of rotatable bonds is 8. The van der Waals surface area contributed by atoms with E-state index in [1.165, 1.54) is 0 Å². The van der Waals surface area contributed by atoms with Gasteiger partial charge in [-0.15, -0.1) is 0 Å². The lowest BCUT2D eigenvalue weighted by Crippen LogP contribution is -2.33. The predicted octanol–water partition coefficient (Wildman–Crippen LogP) is 2.42. The van der Waals surface area contributed by atoms with Crippen LogP contribution in [0, 0.1) is 5.92 Å². The number of hydrogen-bond donors (Lipinski definition) is 2. The van der Waals surface area contributed by atoms with Crippen LogP contribution in [0.15, 0.2) is 16.9 Å². The summed E-state index contributed by atoms with van der Waals surface area (Å²) in [5, 5.41) is 7.51. The molecule has 0 saturated carbocycles. The van der Waals surface area contributed by atoms with Gasteiger partial charge in [0.2, 0.25) is 11.7 Å². The summed E-state index contributed by atoms with van der Waals surface area (Å²) in [6, 6.07) is 0.375. The molecule has 110 valence electrons. The van der Waals surface area contributed by atoms with Crippen molar-refractivity contribution in [2.45, 2.75) is 46.1 Å². The van der Waals surface area contributed by atoms with Gasteiger partial charge in [0.25, 0.3) is 0 Å². The molecular weight excluding hydrogens is 254 g/mol. The van der Waals surface area contributed by atoms with Crippen LogP contribution in [0.4, 0.5) is 0 Å². The fourth-order valence-electron chi connectivity index (χ4n) is 2.19. The van der Waals surface area contributed by atoms with Crippen molar-refractivity contribution >= 4 is 0 Å². The highest BCUT2D eigenvalue weighted by atomic mass is 16.5. The van der Waals surface area contributed by atoms with Crippen molar-refractivity contribution in [1.82, 2.24) is 25.4 Å². The van der Waals surface area contributed by atoms with E-state index in [0.29, 0.717) is 29.5 Å². The molecule has 0 spiro atoms. The van der Waals surface area contributed by atoms with Crippen LogP contribution in [0.25, 0.3) is 11.6 Å². The van der Waals surface area contributed by atoms with Gasteiger partial charge in [-0.1, -0.05) is 25.9 Å². The molecule has 0 bridgehead atoms. The maximum Gasteiger partial charge on any atom is 0.238 e. The summed E-state index contributed by atoms with van der Waals surface area (Å²) in [7, 11) is 0. The van der Waals surface area contributed by atoms with E-state index in [-0.39, 0.29) is 0 Å². The van der Waals surface area contributed by atoms with E-state index >= 15 is 0 Å². The molecule has 6 heteroatoms. The van der Waals surface area contributed by atoms with E-state index in [1.807, 2.05) is 0 Å². The molecule has 0 aliphatic heterocycles. The smallest absolute Gasteiger partial charge is 0.238 e. The van der Waals surface area contributed by atoms with E-state index in [9.17, 15) is 0 Å². The lowest BCUT2D eigenvalue weighted by atomic mass is 10.0. The molecule has 0 aliphatic carbocycles. The van der Waals surface area contributed by atoms with Crippen LogP contribution in [-0.2, 0) is 6.42 Å². The minimum atomic E-state index is 0.375. The maximum absolute atomic E-state index is 5.32. The summed E-state index contributed by atoms with van der Waals surface area (Å²) in [4.78, 5) is 11.5. The Kier molecular flexibility index (Phi) is 5.29. The van der Waals surface area contributed by atoms with Crippen LogP contribution in [0.3, 0.4) is 0 Å². The molecule has 2 N–H and O–H groups in total. The Hall–Kier alpha value is -1.69. The van der Waals surface area contributed by atoms with Gasteiger partial charge >= 0.3 is 0 Å². The van der Waals surface area contributed by atoms with Crippen LogP contribution in [0.1, 0.15) is 39.5 Å². The number of nitrogens with zero attached hydrogens (tertiary/aromatic N) is 3. The zero-order chi connectivity index (χ0) is 14.4. The summed E-state index contributed by atoms with van der Waals surface area (Å²) in [6.07, 6.45) is 6.39. The summed E-state index contributed by atoms with van der Waals surface area (Å²) < 4.78 is 5.32. The topological polar surface area (TPSA) is 79.6 Å². The predicted molar refractivity (Wildman–Crippen MR) is 77.1 cm³/mol. The monoisotopic (exact) mass is 277 g/mol. The van der Waals surface area contributed by atoms with Gasteiger partial charge in [0.1, 0.15) is 0 Å². The van der Waals surface area contributed by atoms with Gasteiger partial charge in [-0.2, -0.15) is 4.98 Å². The van der Waals surface area contributed by atoms with E-state index < -0.39 is 0 Å². The fraction of sp³-hybridized carbons (Fsp3) is 0.643. The molecule has 2 aromatic heterocycles. The number of aromatic amines is 1. The normalized spacial score (nSPS) is 13.0. The largest absolute Gasteiger partial charge is 0.342 e. The summed E-state index contributed by atoms with van der Waals surface area (Å²) >= 11 is 0. The first kappa shape index (κ1) is 14.7. The maximum atomic E-state index is 5.32. The van der Waals surface area contributed by atoms with Gasteiger partial charge in [0, 0.05) is 24.9 Å². The Bertz CT molecular complexity index is 491. The van der Waals surface area contributed by atoms with Crippen molar-refractivity contribution in [3.8, 4) is 11.6 Å². The summed E-state index contributed by atoms with van der Waals surface area (Å²) in [6.45, 7) is 7.63. The minimum absolute atomic E-state index is 0.375. The molecule has 1 unspecified atom stereocenters.